The summed E-state index contributed by atoms with van der Waals surface area (Å²) < 4.78 is 27.0. The Morgan fingerprint density at radius 2 is 1.82 bits per heavy atom. The fourth-order valence-corrected chi connectivity index (χ4v) is 5.97. The van der Waals surface area contributed by atoms with Crippen molar-refractivity contribution in [2.75, 3.05) is 24.3 Å². The summed E-state index contributed by atoms with van der Waals surface area (Å²) in [6.45, 7) is 1.91. The Morgan fingerprint density at radius 3 is 2.55 bits per heavy atom. The number of ether oxygens (including phenoxy) is 2. The molecule has 0 saturated heterocycles. The summed E-state index contributed by atoms with van der Waals surface area (Å²) in [7, 11) is 1.53. The molecule has 1 saturated carbocycles. The Bertz CT molecular complexity index is 1170. The molecule has 174 valence electrons. The van der Waals surface area contributed by atoms with Crippen LogP contribution in [-0.4, -0.2) is 29.3 Å². The van der Waals surface area contributed by atoms with Crippen molar-refractivity contribution in [3.8, 4) is 21.9 Å². The van der Waals surface area contributed by atoms with Gasteiger partial charge in [-0.25, -0.2) is 9.19 Å². The molecule has 1 aliphatic rings. The number of carbonyl (C=O) groups is 1. The molecule has 1 aromatic heterocycles. The van der Waals surface area contributed by atoms with Gasteiger partial charge in [-0.05, 0) is 55.7 Å². The van der Waals surface area contributed by atoms with E-state index in [0.717, 1.165) is 41.8 Å². The molecule has 0 bridgehead atoms. The summed E-state index contributed by atoms with van der Waals surface area (Å²) in [5.41, 5.74) is 2.29. The molecule has 1 unspecified atom stereocenters. The maximum absolute atomic E-state index is 13.2. The van der Waals surface area contributed by atoms with Gasteiger partial charge in [-0.2, -0.15) is 0 Å². The Hall–Kier alpha value is -2.91. The number of benzene rings is 2. The van der Waals surface area contributed by atoms with Crippen LogP contribution < -0.4 is 19.5 Å². The molecule has 7 nitrogen and oxygen atoms in total. The van der Waals surface area contributed by atoms with E-state index in [9.17, 15) is 9.00 Å². The molecule has 2 aromatic carbocycles. The van der Waals surface area contributed by atoms with Crippen LogP contribution in [0.4, 0.5) is 10.8 Å². The van der Waals surface area contributed by atoms with Crippen LogP contribution in [0.25, 0.3) is 10.4 Å². The van der Waals surface area contributed by atoms with E-state index in [-0.39, 0.29) is 11.8 Å². The van der Waals surface area contributed by atoms with Gasteiger partial charge in [-0.1, -0.05) is 36.3 Å². The smallest absolute Gasteiger partial charge is 0.229 e. The van der Waals surface area contributed by atoms with Crippen molar-refractivity contribution in [1.82, 2.24) is 4.98 Å². The fourth-order valence-electron chi connectivity index (χ4n) is 3.96. The van der Waals surface area contributed by atoms with Gasteiger partial charge in [0.15, 0.2) is 16.1 Å². The van der Waals surface area contributed by atoms with Gasteiger partial charge in [-0.15, -0.1) is 0 Å². The van der Waals surface area contributed by atoms with E-state index in [4.69, 9.17) is 9.47 Å². The molecule has 1 atom stereocenters. The van der Waals surface area contributed by atoms with E-state index in [0.29, 0.717) is 27.2 Å². The van der Waals surface area contributed by atoms with E-state index in [1.807, 2.05) is 31.2 Å². The number of para-hydroxylation sites is 2. The molecule has 1 amide bonds. The number of nitrogens with zero attached hydrogens (tertiary/aromatic N) is 1. The molecule has 9 heteroatoms. The first-order chi connectivity index (χ1) is 16.0. The number of amides is 1. The summed E-state index contributed by atoms with van der Waals surface area (Å²) in [6, 6.07) is 12.8. The number of rotatable bonds is 8. The number of methoxy groups -OCH3 is 2. The lowest BCUT2D eigenvalue weighted by Gasteiger charge is -2.13. The monoisotopic (exact) mass is 485 g/mol. The molecule has 1 fully saturated rings. The lowest BCUT2D eigenvalue weighted by molar-refractivity contribution is -0.119. The highest BCUT2D eigenvalue weighted by Crippen LogP contribution is 2.37. The quantitative estimate of drug-likeness (QED) is 0.446. The maximum Gasteiger partial charge on any atom is 0.229 e. The van der Waals surface area contributed by atoms with E-state index in [2.05, 4.69) is 15.0 Å². The molecule has 0 aliphatic heterocycles. The van der Waals surface area contributed by atoms with Crippen molar-refractivity contribution in [1.29, 1.82) is 0 Å². The van der Waals surface area contributed by atoms with Crippen molar-refractivity contribution >= 4 is 39.0 Å². The molecule has 1 heterocycles. The van der Waals surface area contributed by atoms with Crippen LogP contribution in [0.1, 0.15) is 31.4 Å². The third-order valence-corrected chi connectivity index (χ3v) is 7.93. The topological polar surface area (TPSA) is 89.6 Å². The zero-order valence-corrected chi connectivity index (χ0v) is 20.5. The number of thiazole rings is 1. The van der Waals surface area contributed by atoms with E-state index in [1.165, 1.54) is 11.3 Å². The standard InChI is InChI=1S/C24H27N3O4S2/c1-15-22(32-24(25-15)26-23(28)16-8-4-5-9-16)17-12-13-20(31-3)21(14-17)33(29)27-18-10-6-7-11-19(18)30-2/h6-7,10-14,16,27H,4-5,8-9H2,1-3H3,(H,25,26,28). The third kappa shape index (κ3) is 5.20. The van der Waals surface area contributed by atoms with Gasteiger partial charge in [0.2, 0.25) is 5.91 Å². The average Bonchev–Trinajstić information content (AvgIpc) is 3.49. The number of hydrogen-bond acceptors (Lipinski definition) is 6. The van der Waals surface area contributed by atoms with Crippen LogP contribution in [0.3, 0.4) is 0 Å². The molecule has 3 aromatic rings. The minimum atomic E-state index is -1.59. The van der Waals surface area contributed by atoms with Crippen LogP contribution in [0.2, 0.25) is 0 Å². The van der Waals surface area contributed by atoms with Crippen LogP contribution in [0.5, 0.6) is 11.5 Å². The molecule has 2 N–H and O–H groups in total. The van der Waals surface area contributed by atoms with Gasteiger partial charge in [-0.3, -0.25) is 9.52 Å². The van der Waals surface area contributed by atoms with E-state index in [1.54, 1.807) is 32.4 Å². The molecule has 1 aliphatic carbocycles. The van der Waals surface area contributed by atoms with Gasteiger partial charge in [0, 0.05) is 5.92 Å². The number of anilines is 2. The predicted molar refractivity (Wildman–Crippen MR) is 132 cm³/mol. The Kier molecular flexibility index (Phi) is 7.29. The number of hydrogen-bond donors (Lipinski definition) is 2. The first kappa shape index (κ1) is 23.3. The minimum absolute atomic E-state index is 0.0466. The maximum atomic E-state index is 13.2. The van der Waals surface area contributed by atoms with E-state index < -0.39 is 11.0 Å². The zero-order chi connectivity index (χ0) is 23.4. The number of nitrogens with one attached hydrogen (secondary N) is 2. The van der Waals surface area contributed by atoms with Gasteiger partial charge in [0.05, 0.1) is 30.5 Å². The van der Waals surface area contributed by atoms with Crippen molar-refractivity contribution in [2.45, 2.75) is 37.5 Å². The first-order valence-corrected chi connectivity index (χ1v) is 12.7. The van der Waals surface area contributed by atoms with Gasteiger partial charge in [0.25, 0.3) is 0 Å². The largest absolute Gasteiger partial charge is 0.495 e. The zero-order valence-electron chi connectivity index (χ0n) is 18.8. The second-order valence-corrected chi connectivity index (χ2v) is 10.0. The normalized spacial score (nSPS) is 14.6. The summed E-state index contributed by atoms with van der Waals surface area (Å²) in [6.07, 6.45) is 4.09. The highest BCUT2D eigenvalue weighted by atomic mass is 32.2. The lowest BCUT2D eigenvalue weighted by Crippen LogP contribution is -2.20. The van der Waals surface area contributed by atoms with Gasteiger partial charge >= 0.3 is 0 Å². The van der Waals surface area contributed by atoms with Gasteiger partial charge in [0.1, 0.15) is 16.4 Å². The SMILES string of the molecule is COc1ccccc1NS(=O)c1cc(-c2sc(NC(=O)C3CCCC3)nc2C)ccc1OC. The van der Waals surface area contributed by atoms with Crippen molar-refractivity contribution < 1.29 is 18.5 Å². The summed E-state index contributed by atoms with van der Waals surface area (Å²) in [5, 5.41) is 3.57. The fraction of sp³-hybridized carbons (Fsp3) is 0.333. The Labute approximate surface area is 200 Å². The molecule has 0 spiro atoms. The van der Waals surface area contributed by atoms with Crippen LogP contribution in [0.15, 0.2) is 47.4 Å². The first-order valence-electron chi connectivity index (χ1n) is 10.8. The molecular formula is C24H27N3O4S2. The third-order valence-electron chi connectivity index (χ3n) is 5.69. The Morgan fingerprint density at radius 1 is 1.09 bits per heavy atom. The van der Waals surface area contributed by atoms with Crippen LogP contribution >= 0.6 is 11.3 Å². The van der Waals surface area contributed by atoms with Gasteiger partial charge < -0.3 is 14.8 Å². The van der Waals surface area contributed by atoms with Crippen molar-refractivity contribution in [3.63, 3.8) is 0 Å². The summed E-state index contributed by atoms with van der Waals surface area (Å²) >= 11 is 1.42. The summed E-state index contributed by atoms with van der Waals surface area (Å²) in [4.78, 5) is 18.5. The molecule has 33 heavy (non-hydrogen) atoms. The lowest BCUT2D eigenvalue weighted by atomic mass is 10.1. The average molecular weight is 486 g/mol. The van der Waals surface area contributed by atoms with Crippen LogP contribution in [0, 0.1) is 12.8 Å². The Balaban J connectivity index is 1.59. The number of aromatic nitrogens is 1. The molecule has 0 radical (unpaired) electrons. The highest BCUT2D eigenvalue weighted by molar-refractivity contribution is 7.86. The second kappa shape index (κ2) is 10.4. The minimum Gasteiger partial charge on any atom is -0.495 e. The summed E-state index contributed by atoms with van der Waals surface area (Å²) in [5.74, 6) is 1.23. The molecule has 4 rings (SSSR count). The van der Waals surface area contributed by atoms with E-state index >= 15 is 0 Å². The van der Waals surface area contributed by atoms with Crippen LogP contribution in [-0.2, 0) is 15.8 Å². The number of carbonyl (C=O) groups excluding carboxylic acids is 1. The van der Waals surface area contributed by atoms with Crippen molar-refractivity contribution in [2.24, 2.45) is 5.92 Å². The number of aryl methyl sites for hydroxylation is 1. The van der Waals surface area contributed by atoms with Crippen molar-refractivity contribution in [3.05, 3.63) is 48.2 Å². The molecular weight excluding hydrogens is 458 g/mol. The highest BCUT2D eigenvalue weighted by Gasteiger charge is 2.24. The predicted octanol–water partition coefficient (Wildman–Crippen LogP) is 5.40. The second-order valence-electron chi connectivity index (χ2n) is 7.84.